The van der Waals surface area contributed by atoms with Crippen LogP contribution in [-0.2, 0) is 15.0 Å². The van der Waals surface area contributed by atoms with Crippen molar-refractivity contribution in [2.45, 2.75) is 50.0 Å². The number of piperidine rings is 1. The summed E-state index contributed by atoms with van der Waals surface area (Å²) < 4.78 is 5.52. The first-order valence-corrected chi connectivity index (χ1v) is 10.6. The van der Waals surface area contributed by atoms with Gasteiger partial charge in [-0.15, -0.1) is 0 Å². The predicted octanol–water partition coefficient (Wildman–Crippen LogP) is 1.83. The number of carbonyl (C=O) groups excluding carboxylic acids is 2. The van der Waals surface area contributed by atoms with Gasteiger partial charge in [0.25, 0.3) is 0 Å². The highest BCUT2D eigenvalue weighted by Crippen LogP contribution is 2.52. The monoisotopic (exact) mass is 385 g/mol. The standard InChI is InChI=1S/C22H31N3O3/c1-28-19-9-3-2-7-17(19)22(10-11-22)21(27)25-13-5-6-16(15-25)14-24-20(26)18-8-4-12-23-18/h2-3,7,9,16,18,23H,4-6,8,10-15H2,1H3,(H,24,26). The van der Waals surface area contributed by atoms with Gasteiger partial charge >= 0.3 is 0 Å². The maximum absolute atomic E-state index is 13.4. The molecule has 0 spiro atoms. The number of nitrogens with zero attached hydrogens (tertiary/aromatic N) is 1. The topological polar surface area (TPSA) is 70.7 Å². The number of methoxy groups -OCH3 is 1. The van der Waals surface area contributed by atoms with E-state index in [9.17, 15) is 9.59 Å². The van der Waals surface area contributed by atoms with E-state index in [0.29, 0.717) is 12.5 Å². The number of carbonyl (C=O) groups is 2. The first-order valence-electron chi connectivity index (χ1n) is 10.6. The van der Waals surface area contributed by atoms with Gasteiger partial charge in [-0.3, -0.25) is 9.59 Å². The van der Waals surface area contributed by atoms with Crippen molar-refractivity contribution in [3.05, 3.63) is 29.8 Å². The minimum atomic E-state index is -0.411. The molecule has 6 nitrogen and oxygen atoms in total. The Kier molecular flexibility index (Phi) is 5.58. The number of rotatable bonds is 6. The quantitative estimate of drug-likeness (QED) is 0.784. The lowest BCUT2D eigenvalue weighted by Crippen LogP contribution is -2.49. The minimum Gasteiger partial charge on any atom is -0.496 e. The van der Waals surface area contributed by atoms with Crippen LogP contribution in [0.15, 0.2) is 24.3 Å². The zero-order valence-corrected chi connectivity index (χ0v) is 16.7. The average Bonchev–Trinajstić information content (AvgIpc) is 3.36. The van der Waals surface area contributed by atoms with Crippen LogP contribution in [0.2, 0.25) is 0 Å². The van der Waals surface area contributed by atoms with Crippen molar-refractivity contribution in [3.8, 4) is 5.75 Å². The Hall–Kier alpha value is -2.08. The van der Waals surface area contributed by atoms with E-state index in [-0.39, 0.29) is 17.9 Å². The molecule has 1 aliphatic carbocycles. The molecule has 3 aliphatic rings. The fraction of sp³-hybridized carbons (Fsp3) is 0.636. The van der Waals surface area contributed by atoms with E-state index in [4.69, 9.17) is 4.74 Å². The summed E-state index contributed by atoms with van der Waals surface area (Å²) in [6.07, 6.45) is 5.81. The van der Waals surface area contributed by atoms with Gasteiger partial charge in [0, 0.05) is 25.2 Å². The number of amides is 2. The molecule has 2 aliphatic heterocycles. The van der Waals surface area contributed by atoms with E-state index in [1.165, 1.54) is 0 Å². The number of benzene rings is 1. The lowest BCUT2D eigenvalue weighted by molar-refractivity contribution is -0.135. The molecule has 3 fully saturated rings. The van der Waals surface area contributed by atoms with Crippen LogP contribution < -0.4 is 15.4 Å². The Balaban J connectivity index is 1.37. The van der Waals surface area contributed by atoms with Crippen molar-refractivity contribution in [2.75, 3.05) is 33.3 Å². The second-order valence-corrected chi connectivity index (χ2v) is 8.44. The lowest BCUT2D eigenvalue weighted by Gasteiger charge is -2.35. The van der Waals surface area contributed by atoms with Crippen molar-refractivity contribution >= 4 is 11.8 Å². The molecular weight excluding hydrogens is 354 g/mol. The van der Waals surface area contributed by atoms with Crippen molar-refractivity contribution in [1.29, 1.82) is 0 Å². The Labute approximate surface area is 167 Å². The summed E-state index contributed by atoms with van der Waals surface area (Å²) in [7, 11) is 1.66. The largest absolute Gasteiger partial charge is 0.496 e. The second kappa shape index (κ2) is 8.11. The maximum Gasteiger partial charge on any atom is 0.237 e. The first kappa shape index (κ1) is 19.2. The highest BCUT2D eigenvalue weighted by atomic mass is 16.5. The van der Waals surface area contributed by atoms with Gasteiger partial charge in [0.05, 0.1) is 18.6 Å². The van der Waals surface area contributed by atoms with Crippen molar-refractivity contribution in [1.82, 2.24) is 15.5 Å². The van der Waals surface area contributed by atoms with Crippen LogP contribution in [0.5, 0.6) is 5.75 Å². The molecule has 1 aromatic rings. The molecule has 2 unspecified atom stereocenters. The van der Waals surface area contributed by atoms with Crippen molar-refractivity contribution in [2.24, 2.45) is 5.92 Å². The van der Waals surface area contributed by atoms with Gasteiger partial charge in [-0.05, 0) is 57.1 Å². The number of likely N-dealkylation sites (tertiary alicyclic amines) is 1. The Morgan fingerprint density at radius 3 is 2.79 bits per heavy atom. The van der Waals surface area contributed by atoms with Gasteiger partial charge in [0.1, 0.15) is 5.75 Å². The minimum absolute atomic E-state index is 0.0402. The lowest BCUT2D eigenvalue weighted by atomic mass is 9.90. The Morgan fingerprint density at radius 2 is 2.07 bits per heavy atom. The van der Waals surface area contributed by atoms with E-state index in [2.05, 4.69) is 10.6 Å². The van der Waals surface area contributed by atoms with E-state index in [0.717, 1.165) is 69.5 Å². The van der Waals surface area contributed by atoms with Gasteiger partial charge < -0.3 is 20.3 Å². The molecule has 2 saturated heterocycles. The summed E-state index contributed by atoms with van der Waals surface area (Å²) >= 11 is 0. The molecule has 0 aromatic heterocycles. The molecule has 6 heteroatoms. The SMILES string of the molecule is COc1ccccc1C1(C(=O)N2CCCC(CNC(=O)C3CCCN3)C2)CC1. The van der Waals surface area contributed by atoms with Crippen LogP contribution in [-0.4, -0.2) is 56.0 Å². The summed E-state index contributed by atoms with van der Waals surface area (Å²) in [6.45, 7) is 3.12. The van der Waals surface area contributed by atoms with Gasteiger partial charge in [0.2, 0.25) is 11.8 Å². The van der Waals surface area contributed by atoms with Gasteiger partial charge in [-0.2, -0.15) is 0 Å². The number of hydrogen-bond donors (Lipinski definition) is 2. The Morgan fingerprint density at radius 1 is 1.25 bits per heavy atom. The molecule has 1 aromatic carbocycles. The van der Waals surface area contributed by atoms with Gasteiger partial charge in [-0.25, -0.2) is 0 Å². The molecule has 4 rings (SSSR count). The number of nitrogens with one attached hydrogen (secondary N) is 2. The van der Waals surface area contributed by atoms with Gasteiger partial charge in [-0.1, -0.05) is 18.2 Å². The van der Waals surface area contributed by atoms with Crippen LogP contribution in [0.25, 0.3) is 0 Å². The van der Waals surface area contributed by atoms with Gasteiger partial charge in [0.15, 0.2) is 0 Å². The smallest absolute Gasteiger partial charge is 0.237 e. The first-order chi connectivity index (χ1) is 13.6. The summed E-state index contributed by atoms with van der Waals surface area (Å²) in [6, 6.07) is 7.86. The normalized spacial score (nSPS) is 26.0. The molecule has 152 valence electrons. The number of ether oxygens (including phenoxy) is 1. The number of hydrogen-bond acceptors (Lipinski definition) is 4. The molecule has 2 amide bonds. The fourth-order valence-electron chi connectivity index (χ4n) is 4.76. The van der Waals surface area contributed by atoms with Crippen LogP contribution in [0.3, 0.4) is 0 Å². The van der Waals surface area contributed by atoms with E-state index >= 15 is 0 Å². The molecule has 0 radical (unpaired) electrons. The fourth-order valence-corrected chi connectivity index (χ4v) is 4.76. The molecule has 0 bridgehead atoms. The second-order valence-electron chi connectivity index (χ2n) is 8.44. The van der Waals surface area contributed by atoms with E-state index < -0.39 is 5.41 Å². The molecular formula is C22H31N3O3. The zero-order valence-electron chi connectivity index (χ0n) is 16.7. The third kappa shape index (κ3) is 3.75. The highest BCUT2D eigenvalue weighted by molar-refractivity contribution is 5.92. The van der Waals surface area contributed by atoms with Crippen molar-refractivity contribution < 1.29 is 14.3 Å². The molecule has 2 heterocycles. The summed E-state index contributed by atoms with van der Waals surface area (Å²) in [5.41, 5.74) is 0.608. The highest BCUT2D eigenvalue weighted by Gasteiger charge is 2.54. The third-order valence-corrected chi connectivity index (χ3v) is 6.53. The predicted molar refractivity (Wildman–Crippen MR) is 107 cm³/mol. The van der Waals surface area contributed by atoms with Crippen LogP contribution in [0, 0.1) is 5.92 Å². The molecule has 2 atom stereocenters. The maximum atomic E-state index is 13.4. The third-order valence-electron chi connectivity index (χ3n) is 6.53. The zero-order chi connectivity index (χ0) is 19.6. The number of para-hydroxylation sites is 1. The molecule has 2 N–H and O–H groups in total. The summed E-state index contributed by atoms with van der Waals surface area (Å²) in [5, 5.41) is 6.34. The summed E-state index contributed by atoms with van der Waals surface area (Å²) in [4.78, 5) is 27.7. The van der Waals surface area contributed by atoms with Crippen molar-refractivity contribution in [3.63, 3.8) is 0 Å². The van der Waals surface area contributed by atoms with Crippen LogP contribution in [0.4, 0.5) is 0 Å². The molecule has 1 saturated carbocycles. The average molecular weight is 386 g/mol. The van der Waals surface area contributed by atoms with Crippen LogP contribution >= 0.6 is 0 Å². The van der Waals surface area contributed by atoms with E-state index in [1.54, 1.807) is 7.11 Å². The van der Waals surface area contributed by atoms with E-state index in [1.807, 2.05) is 29.2 Å². The Bertz CT molecular complexity index is 725. The van der Waals surface area contributed by atoms with Crippen LogP contribution in [0.1, 0.15) is 44.1 Å². The summed E-state index contributed by atoms with van der Waals surface area (Å²) in [5.74, 6) is 1.47. The molecule has 28 heavy (non-hydrogen) atoms.